The van der Waals surface area contributed by atoms with Crippen LogP contribution in [0.1, 0.15) is 34.1 Å². The van der Waals surface area contributed by atoms with Crippen LogP contribution in [0.4, 0.5) is 0 Å². The van der Waals surface area contributed by atoms with Gasteiger partial charge in [0.15, 0.2) is 0 Å². The van der Waals surface area contributed by atoms with E-state index in [-0.39, 0.29) is 0 Å². The molecule has 0 aliphatic heterocycles. The number of amidine groups is 1. The van der Waals surface area contributed by atoms with Crippen LogP contribution in [0.25, 0.3) is 0 Å². The van der Waals surface area contributed by atoms with E-state index in [9.17, 15) is 0 Å². The van der Waals surface area contributed by atoms with Crippen LogP contribution in [0.3, 0.4) is 0 Å². The molecule has 0 saturated carbocycles. The second kappa shape index (κ2) is 9.34. The summed E-state index contributed by atoms with van der Waals surface area (Å²) < 4.78 is 8.81. The third-order valence-corrected chi connectivity index (χ3v) is 3.62. The molecule has 1 N–H and O–H groups in total. The Balaban J connectivity index is 2.40. The van der Waals surface area contributed by atoms with E-state index in [1.165, 1.54) is 11.9 Å². The van der Waals surface area contributed by atoms with Crippen molar-refractivity contribution >= 4 is 17.8 Å². The maximum absolute atomic E-state index is 5.72. The number of nitrogens with zero attached hydrogens (tertiary/aromatic N) is 1. The van der Waals surface area contributed by atoms with Crippen LogP contribution in [0.15, 0.2) is 46.7 Å². The van der Waals surface area contributed by atoms with E-state index in [2.05, 4.69) is 30.3 Å². The second-order valence-electron chi connectivity index (χ2n) is 4.97. The maximum atomic E-state index is 5.72. The van der Waals surface area contributed by atoms with Crippen molar-refractivity contribution in [1.82, 2.24) is 4.72 Å². The molecular formula is C16H24N2O2S. The summed E-state index contributed by atoms with van der Waals surface area (Å²) in [6.07, 6.45) is 1.13. The predicted molar refractivity (Wildman–Crippen MR) is 89.4 cm³/mol. The molecule has 1 unspecified atom stereocenters. The smallest absolute Gasteiger partial charge is 0.149 e. The molecule has 116 valence electrons. The Morgan fingerprint density at radius 3 is 2.57 bits per heavy atom. The average Bonchev–Trinajstić information content (AvgIpc) is 2.49. The van der Waals surface area contributed by atoms with Gasteiger partial charge in [-0.05, 0) is 56.0 Å². The highest BCUT2D eigenvalue weighted by Gasteiger charge is 2.01. The van der Waals surface area contributed by atoms with Crippen LogP contribution in [0.5, 0.6) is 5.75 Å². The predicted octanol–water partition coefficient (Wildman–Crippen LogP) is 4.59. The van der Waals surface area contributed by atoms with Gasteiger partial charge in [-0.1, -0.05) is 32.0 Å². The van der Waals surface area contributed by atoms with Gasteiger partial charge >= 0.3 is 0 Å². The summed E-state index contributed by atoms with van der Waals surface area (Å²) in [6.45, 7) is 12.3. The van der Waals surface area contributed by atoms with Crippen molar-refractivity contribution < 1.29 is 9.57 Å². The van der Waals surface area contributed by atoms with Crippen molar-refractivity contribution in [2.75, 3.05) is 6.61 Å². The lowest BCUT2D eigenvalue weighted by Gasteiger charge is -2.11. The molecule has 0 amide bonds. The van der Waals surface area contributed by atoms with E-state index in [4.69, 9.17) is 9.57 Å². The fraction of sp³-hybridized carbons (Fsp3) is 0.438. The molecular weight excluding hydrogens is 284 g/mol. The van der Waals surface area contributed by atoms with Gasteiger partial charge in [0.2, 0.25) is 0 Å². The molecule has 0 bridgehead atoms. The fourth-order valence-electron chi connectivity index (χ4n) is 1.26. The monoisotopic (exact) mass is 308 g/mol. The van der Waals surface area contributed by atoms with Crippen LogP contribution in [0.2, 0.25) is 0 Å². The summed E-state index contributed by atoms with van der Waals surface area (Å²) in [5.41, 5.74) is 0. The van der Waals surface area contributed by atoms with Gasteiger partial charge in [-0.3, -0.25) is 0 Å². The van der Waals surface area contributed by atoms with E-state index < -0.39 is 0 Å². The molecule has 1 rings (SSSR count). The third kappa shape index (κ3) is 7.66. The lowest BCUT2D eigenvalue weighted by atomic mass is 10.1. The van der Waals surface area contributed by atoms with Crippen molar-refractivity contribution in [3.8, 4) is 5.75 Å². The van der Waals surface area contributed by atoms with E-state index in [0.29, 0.717) is 17.5 Å². The van der Waals surface area contributed by atoms with Crippen molar-refractivity contribution in [3.05, 3.63) is 36.6 Å². The summed E-state index contributed by atoms with van der Waals surface area (Å²) in [6, 6.07) is 7.97. The zero-order chi connectivity index (χ0) is 15.7. The highest BCUT2D eigenvalue weighted by molar-refractivity contribution is 7.98. The summed E-state index contributed by atoms with van der Waals surface area (Å²) in [5, 5.41) is 3.87. The lowest BCUT2D eigenvalue weighted by molar-refractivity contribution is 0.230. The van der Waals surface area contributed by atoms with Crippen molar-refractivity contribution in [1.29, 1.82) is 0 Å². The summed E-state index contributed by atoms with van der Waals surface area (Å²) in [5.74, 6) is 2.72. The van der Waals surface area contributed by atoms with Crippen molar-refractivity contribution in [2.45, 2.75) is 39.0 Å². The summed E-state index contributed by atoms with van der Waals surface area (Å²) in [4.78, 5) is 6.05. The minimum absolute atomic E-state index is 0.559. The average molecular weight is 308 g/mol. The van der Waals surface area contributed by atoms with E-state index in [1.54, 1.807) is 6.92 Å². The third-order valence-electron chi connectivity index (χ3n) is 2.71. The molecule has 1 aromatic rings. The number of oxime groups is 1. The lowest BCUT2D eigenvalue weighted by Crippen LogP contribution is -2.11. The van der Waals surface area contributed by atoms with Gasteiger partial charge in [-0.2, -0.15) is 0 Å². The Bertz CT molecular complexity index is 472. The van der Waals surface area contributed by atoms with Crippen LogP contribution in [-0.4, -0.2) is 12.4 Å². The van der Waals surface area contributed by atoms with E-state index >= 15 is 0 Å². The zero-order valence-electron chi connectivity index (χ0n) is 13.2. The number of ether oxygens (including phenoxy) is 1. The number of hydrogen-bond donors (Lipinski definition) is 1. The van der Waals surface area contributed by atoms with Gasteiger partial charge in [0.1, 0.15) is 17.3 Å². The second-order valence-corrected chi connectivity index (χ2v) is 5.85. The first-order chi connectivity index (χ1) is 10.0. The maximum Gasteiger partial charge on any atom is 0.149 e. The van der Waals surface area contributed by atoms with Gasteiger partial charge < -0.3 is 14.3 Å². The van der Waals surface area contributed by atoms with Gasteiger partial charge in [0.05, 0.1) is 6.61 Å². The number of allylic oxidation sites excluding steroid dienone is 1. The molecule has 0 spiro atoms. The highest BCUT2D eigenvalue weighted by Crippen LogP contribution is 2.20. The largest absolute Gasteiger partial charge is 0.493 e. The van der Waals surface area contributed by atoms with Crippen molar-refractivity contribution in [3.63, 3.8) is 0 Å². The topological polar surface area (TPSA) is 42.8 Å². The molecule has 5 heteroatoms. The van der Waals surface area contributed by atoms with Gasteiger partial charge in [-0.15, -0.1) is 0 Å². The number of rotatable bonds is 8. The van der Waals surface area contributed by atoms with Gasteiger partial charge in [0, 0.05) is 4.90 Å². The molecule has 0 saturated heterocycles. The Labute approximate surface area is 131 Å². The fourth-order valence-corrected chi connectivity index (χ4v) is 1.83. The Morgan fingerprint density at radius 1 is 1.33 bits per heavy atom. The van der Waals surface area contributed by atoms with Gasteiger partial charge in [0.25, 0.3) is 0 Å². The molecule has 21 heavy (non-hydrogen) atoms. The van der Waals surface area contributed by atoms with Crippen LogP contribution in [-0.2, 0) is 4.84 Å². The van der Waals surface area contributed by atoms with Crippen molar-refractivity contribution in [2.24, 2.45) is 11.1 Å². The summed E-state index contributed by atoms with van der Waals surface area (Å²) >= 11 is 1.47. The Hall–Kier alpha value is -1.62. The summed E-state index contributed by atoms with van der Waals surface area (Å²) in [7, 11) is 0. The normalized spacial score (nSPS) is 12.7. The highest BCUT2D eigenvalue weighted by atomic mass is 32.2. The Kier molecular flexibility index (Phi) is 7.75. The molecule has 0 aliphatic carbocycles. The minimum Gasteiger partial charge on any atom is -0.493 e. The van der Waals surface area contributed by atoms with Crippen LogP contribution >= 0.6 is 11.9 Å². The molecule has 1 aromatic carbocycles. The number of nitrogens with one attached hydrogen (secondary N) is 1. The zero-order valence-corrected chi connectivity index (χ0v) is 14.0. The molecule has 0 fully saturated rings. The van der Waals surface area contributed by atoms with Gasteiger partial charge in [-0.25, -0.2) is 0 Å². The van der Waals surface area contributed by atoms with Crippen LogP contribution < -0.4 is 9.46 Å². The molecule has 4 nitrogen and oxygen atoms in total. The number of hydrogen-bond acceptors (Lipinski definition) is 4. The quantitative estimate of drug-likeness (QED) is 0.251. The van der Waals surface area contributed by atoms with E-state index in [1.807, 2.05) is 31.2 Å². The Morgan fingerprint density at radius 2 is 2.00 bits per heavy atom. The SMILES string of the molecule is C=C(C)O/N=C(\C)NSc1ccc(OCC(C)CC)cc1. The first-order valence-corrected chi connectivity index (χ1v) is 7.85. The van der Waals surface area contributed by atoms with Crippen LogP contribution in [0, 0.1) is 5.92 Å². The van der Waals surface area contributed by atoms with E-state index in [0.717, 1.165) is 23.7 Å². The molecule has 0 heterocycles. The first-order valence-electron chi connectivity index (χ1n) is 7.04. The first kappa shape index (κ1) is 17.4. The molecule has 0 radical (unpaired) electrons. The molecule has 1 atom stereocenters. The number of benzene rings is 1. The molecule has 0 aromatic heterocycles. The standard InChI is InChI=1S/C16H24N2O2S/c1-6-13(4)11-19-15-7-9-16(10-8-15)21-18-14(5)17-20-12(2)3/h7-10,13H,2,6,11H2,1,3-5H3,(H,17,18). The molecule has 0 aliphatic rings. The minimum atomic E-state index is 0.559.